The molecule has 0 aliphatic carbocycles. The van der Waals surface area contributed by atoms with Crippen LogP contribution in [0.5, 0.6) is 0 Å². The van der Waals surface area contributed by atoms with E-state index in [-0.39, 0.29) is 11.9 Å². The Morgan fingerprint density at radius 2 is 0.840 bits per heavy atom. The standard InChI is InChI=1S/3C6H5.2ClH.HO3P.Pt/c3*1-2-4-6-5-3-1;;;1-4(2)3;/h3*1-5H;2*1H;(H-,1,2,3);/q;;;;;;+1/p-1. The average Bonchev–Trinajstić information content (AvgIpc) is 2.63. The van der Waals surface area contributed by atoms with E-state index in [0.717, 1.165) is 0 Å². The van der Waals surface area contributed by atoms with Crippen molar-refractivity contribution in [3.05, 3.63) is 91.0 Å². The molecular formula is C18H17Cl2O3PPt. The van der Waals surface area contributed by atoms with Crippen molar-refractivity contribution >= 4 is 36.4 Å². The van der Waals surface area contributed by atoms with Crippen LogP contribution in [0.3, 0.4) is 0 Å². The second-order valence-electron chi connectivity index (χ2n) is 5.18. The van der Waals surface area contributed by atoms with Gasteiger partial charge < -0.3 is 0 Å². The molecule has 3 rings (SSSR count). The van der Waals surface area contributed by atoms with Crippen LogP contribution in [0, 0.1) is 0 Å². The van der Waals surface area contributed by atoms with Gasteiger partial charge >= 0.3 is 153 Å². The minimum absolute atomic E-state index is 0.256. The summed E-state index contributed by atoms with van der Waals surface area (Å²) in [5.74, 6) is 0. The van der Waals surface area contributed by atoms with Crippen molar-refractivity contribution in [2.75, 3.05) is 0 Å². The monoisotopic (exact) mass is 577 g/mol. The van der Waals surface area contributed by atoms with E-state index < -0.39 is 16.7 Å². The van der Waals surface area contributed by atoms with Crippen molar-refractivity contribution in [2.24, 2.45) is 0 Å². The first kappa shape index (κ1) is 18.9. The molecule has 3 aromatic rings. The van der Waals surface area contributed by atoms with E-state index in [0.29, 0.717) is 0 Å². The summed E-state index contributed by atoms with van der Waals surface area (Å²) in [5.41, 5.74) is -5.08. The van der Waals surface area contributed by atoms with Crippen molar-refractivity contribution in [3.8, 4) is 0 Å². The summed E-state index contributed by atoms with van der Waals surface area (Å²) >= 11 is 0. The van der Waals surface area contributed by atoms with Gasteiger partial charge in [-0.15, -0.1) is 0 Å². The fourth-order valence-electron chi connectivity index (χ4n) is 2.54. The number of hydrogen-bond acceptors (Lipinski definition) is 1. The molecule has 3 aromatic carbocycles. The summed E-state index contributed by atoms with van der Waals surface area (Å²) in [5, 5.41) is 0. The van der Waals surface area contributed by atoms with E-state index in [1.54, 1.807) is 91.0 Å². The van der Waals surface area contributed by atoms with Gasteiger partial charge in [0.15, 0.2) is 0 Å². The summed E-state index contributed by atoms with van der Waals surface area (Å²) in [4.78, 5) is 21.5. The molecule has 7 heteroatoms. The van der Waals surface area contributed by atoms with Gasteiger partial charge in [0.1, 0.15) is 0 Å². The van der Waals surface area contributed by atoms with E-state index in [1.807, 2.05) is 0 Å². The Hall–Kier alpha value is -0.922. The van der Waals surface area contributed by atoms with Crippen LogP contribution in [0.25, 0.3) is 0 Å². The molecule has 0 aliphatic heterocycles. The van der Waals surface area contributed by atoms with Gasteiger partial charge in [0.25, 0.3) is 0 Å². The van der Waals surface area contributed by atoms with Crippen LogP contribution in [0.2, 0.25) is 0 Å². The second-order valence-corrected chi connectivity index (χ2v) is 40.2. The minimum atomic E-state index is -6.54. The van der Waals surface area contributed by atoms with Crippen LogP contribution in [0.4, 0.5) is 0 Å². The maximum absolute atomic E-state index is 13.2. The Labute approximate surface area is 152 Å². The summed E-state index contributed by atoms with van der Waals surface area (Å²) in [7, 11) is 8.05. The van der Waals surface area contributed by atoms with Gasteiger partial charge in [-0.2, -0.15) is 0 Å². The summed E-state index contributed by atoms with van der Waals surface area (Å²) in [6, 6.07) is 25.0. The number of rotatable bonds is 4. The molecule has 0 saturated carbocycles. The maximum atomic E-state index is 13.2. The number of benzene rings is 3. The van der Waals surface area contributed by atoms with Crippen LogP contribution in [0.15, 0.2) is 91.0 Å². The summed E-state index contributed by atoms with van der Waals surface area (Å²) in [6.07, 6.45) is 0. The van der Waals surface area contributed by atoms with Crippen LogP contribution in [-0.2, 0) is 15.5 Å². The summed E-state index contributed by atoms with van der Waals surface area (Å²) < 4.78 is 14.0. The molecule has 0 bridgehead atoms. The molecule has 0 saturated heterocycles. The third-order valence-electron chi connectivity index (χ3n) is 3.76. The quantitative estimate of drug-likeness (QED) is 0.466. The van der Waals surface area contributed by atoms with E-state index in [4.69, 9.17) is 18.8 Å². The number of halogens is 2. The molecule has 3 nitrogen and oxygen atoms in total. The molecule has 136 valence electrons. The fraction of sp³-hybridized carbons (Fsp3) is 0. The van der Waals surface area contributed by atoms with Crippen LogP contribution >= 0.6 is 24.5 Å². The average molecular weight is 578 g/mol. The first-order valence-electron chi connectivity index (χ1n) is 7.17. The van der Waals surface area contributed by atoms with Crippen LogP contribution in [-0.4, -0.2) is 9.79 Å². The van der Waals surface area contributed by atoms with Crippen molar-refractivity contribution in [1.82, 2.24) is 0 Å². The van der Waals surface area contributed by atoms with Gasteiger partial charge in [-0.05, 0) is 0 Å². The fourth-order valence-corrected chi connectivity index (χ4v) is 24.9. The zero-order chi connectivity index (χ0) is 18.2. The molecule has 0 spiro atoms. The second kappa shape index (κ2) is 5.79. The van der Waals surface area contributed by atoms with Crippen molar-refractivity contribution in [3.63, 3.8) is 0 Å². The van der Waals surface area contributed by atoms with Gasteiger partial charge in [-0.3, -0.25) is 0 Å². The first-order chi connectivity index (χ1) is 11.7. The van der Waals surface area contributed by atoms with Gasteiger partial charge in [-0.1, -0.05) is 0 Å². The topological polar surface area (TPSA) is 57.5 Å². The van der Waals surface area contributed by atoms with E-state index in [1.165, 1.54) is 0 Å². The predicted molar refractivity (Wildman–Crippen MR) is 102 cm³/mol. The van der Waals surface area contributed by atoms with Crippen molar-refractivity contribution < 1.29 is 25.3 Å². The van der Waals surface area contributed by atoms with Crippen molar-refractivity contribution in [1.29, 1.82) is 0 Å². The zero-order valence-electron chi connectivity index (χ0n) is 13.0. The molecule has 0 aliphatic rings. The van der Waals surface area contributed by atoms with E-state index >= 15 is 0 Å². The normalized spacial score (nSPS) is 15.2. The predicted octanol–water partition coefficient (Wildman–Crippen LogP) is 3.59. The molecule has 0 fully saturated rings. The SMILES string of the molecule is O=[P](O)(O)[Pt]([Cl])([Cl])([c]1ccccc1)([c]1ccccc1)[c]1ccccc1. The third kappa shape index (κ3) is 2.21. The van der Waals surface area contributed by atoms with E-state index in [2.05, 4.69) is 0 Å². The van der Waals surface area contributed by atoms with Crippen LogP contribution in [0.1, 0.15) is 0 Å². The Morgan fingerprint density at radius 1 is 0.600 bits per heavy atom. The molecule has 0 unspecified atom stereocenters. The van der Waals surface area contributed by atoms with Gasteiger partial charge in [0.2, 0.25) is 0 Å². The molecule has 0 atom stereocenters. The van der Waals surface area contributed by atoms with E-state index in [9.17, 15) is 14.4 Å². The zero-order valence-corrected chi connectivity index (χ0v) is 17.7. The Bertz CT molecular complexity index is 851. The molecular weight excluding hydrogens is 561 g/mol. The molecule has 25 heavy (non-hydrogen) atoms. The first-order valence-corrected chi connectivity index (χ1v) is 20.7. The molecule has 0 radical (unpaired) electrons. The Balaban J connectivity index is 2.69. The van der Waals surface area contributed by atoms with Gasteiger partial charge in [0, 0.05) is 0 Å². The third-order valence-corrected chi connectivity index (χ3v) is 42.1. The summed E-state index contributed by atoms with van der Waals surface area (Å²) in [6.45, 7) is 0. The van der Waals surface area contributed by atoms with Gasteiger partial charge in [0.05, 0.1) is 0 Å². The number of hydrogen-bond donors (Lipinski definition) is 2. The molecule has 2 N–H and O–H groups in total. The Morgan fingerprint density at radius 3 is 1.04 bits per heavy atom. The molecule has 0 amide bonds. The van der Waals surface area contributed by atoms with Crippen LogP contribution < -0.4 is 11.9 Å². The molecule has 0 heterocycles. The van der Waals surface area contributed by atoms with Gasteiger partial charge in [-0.25, -0.2) is 0 Å². The van der Waals surface area contributed by atoms with Crippen molar-refractivity contribution in [2.45, 2.75) is 0 Å². The Kier molecular flexibility index (Phi) is 4.37. The molecule has 0 aromatic heterocycles.